The van der Waals surface area contributed by atoms with Gasteiger partial charge in [-0.15, -0.1) is 0 Å². The fraction of sp³-hybridized carbons (Fsp3) is 0.609. The molecule has 4 heteroatoms. The fourth-order valence-corrected chi connectivity index (χ4v) is 4.09. The van der Waals surface area contributed by atoms with Crippen molar-refractivity contribution < 1.29 is 14.3 Å². The third kappa shape index (κ3) is 5.57. The first-order valence-electron chi connectivity index (χ1n) is 10.3. The number of likely N-dealkylation sites (tertiary alicyclic amines) is 1. The SMILES string of the molecule is CCOC(=O)C1(CC2CCCCO2)CCN(CC#Cc2ccccc2)CC1. The van der Waals surface area contributed by atoms with Crippen molar-refractivity contribution in [3.63, 3.8) is 0 Å². The van der Waals surface area contributed by atoms with Crippen LogP contribution in [0.25, 0.3) is 0 Å². The lowest BCUT2D eigenvalue weighted by atomic mass is 9.73. The summed E-state index contributed by atoms with van der Waals surface area (Å²) in [7, 11) is 0. The number of carbonyl (C=O) groups is 1. The zero-order valence-corrected chi connectivity index (χ0v) is 16.4. The lowest BCUT2D eigenvalue weighted by Crippen LogP contribution is -2.47. The number of carbonyl (C=O) groups excluding carboxylic acids is 1. The molecule has 27 heavy (non-hydrogen) atoms. The van der Waals surface area contributed by atoms with Crippen molar-refractivity contribution in [3.05, 3.63) is 35.9 Å². The van der Waals surface area contributed by atoms with E-state index in [2.05, 4.69) is 16.7 Å². The third-order valence-electron chi connectivity index (χ3n) is 5.72. The molecule has 2 heterocycles. The monoisotopic (exact) mass is 369 g/mol. The molecule has 0 spiro atoms. The average molecular weight is 370 g/mol. The van der Waals surface area contributed by atoms with Crippen molar-refractivity contribution in [2.24, 2.45) is 5.41 Å². The van der Waals surface area contributed by atoms with Gasteiger partial charge >= 0.3 is 5.97 Å². The summed E-state index contributed by atoms with van der Waals surface area (Å²) in [6.07, 6.45) is 6.06. The van der Waals surface area contributed by atoms with Crippen molar-refractivity contribution in [1.29, 1.82) is 0 Å². The van der Waals surface area contributed by atoms with Crippen LogP contribution in [-0.4, -0.2) is 49.8 Å². The van der Waals surface area contributed by atoms with E-state index in [1.54, 1.807) is 0 Å². The number of rotatable bonds is 5. The van der Waals surface area contributed by atoms with Gasteiger partial charge in [-0.05, 0) is 57.6 Å². The maximum Gasteiger partial charge on any atom is 0.312 e. The fourth-order valence-electron chi connectivity index (χ4n) is 4.09. The summed E-state index contributed by atoms with van der Waals surface area (Å²) in [4.78, 5) is 15.1. The third-order valence-corrected chi connectivity index (χ3v) is 5.72. The van der Waals surface area contributed by atoms with Gasteiger partial charge in [0.25, 0.3) is 0 Å². The summed E-state index contributed by atoms with van der Waals surface area (Å²) in [5.74, 6) is 6.45. The van der Waals surface area contributed by atoms with Gasteiger partial charge in [0.15, 0.2) is 0 Å². The van der Waals surface area contributed by atoms with Crippen LogP contribution in [0.5, 0.6) is 0 Å². The van der Waals surface area contributed by atoms with Gasteiger partial charge in [-0.1, -0.05) is 30.0 Å². The van der Waals surface area contributed by atoms with Gasteiger partial charge in [0.2, 0.25) is 0 Å². The van der Waals surface area contributed by atoms with Crippen LogP contribution in [0, 0.1) is 17.3 Å². The number of nitrogens with zero attached hydrogens (tertiary/aromatic N) is 1. The molecule has 3 rings (SSSR count). The smallest absolute Gasteiger partial charge is 0.312 e. The summed E-state index contributed by atoms with van der Waals surface area (Å²) in [6, 6.07) is 10.1. The highest BCUT2D eigenvalue weighted by Crippen LogP contribution is 2.39. The number of hydrogen-bond donors (Lipinski definition) is 0. The van der Waals surface area contributed by atoms with Gasteiger partial charge in [0.1, 0.15) is 0 Å². The van der Waals surface area contributed by atoms with Crippen LogP contribution in [0.15, 0.2) is 30.3 Å². The van der Waals surface area contributed by atoms with E-state index in [9.17, 15) is 4.79 Å². The van der Waals surface area contributed by atoms with E-state index in [-0.39, 0.29) is 17.5 Å². The highest BCUT2D eigenvalue weighted by Gasteiger charge is 2.44. The Balaban J connectivity index is 1.57. The van der Waals surface area contributed by atoms with Crippen molar-refractivity contribution in [2.45, 2.75) is 51.6 Å². The van der Waals surface area contributed by atoms with Crippen LogP contribution >= 0.6 is 0 Å². The van der Waals surface area contributed by atoms with Crippen molar-refractivity contribution in [3.8, 4) is 11.8 Å². The molecular weight excluding hydrogens is 338 g/mol. The first kappa shape index (κ1) is 19.9. The maximum absolute atomic E-state index is 12.8. The lowest BCUT2D eigenvalue weighted by molar-refractivity contribution is -0.162. The molecule has 0 aromatic heterocycles. The Bertz CT molecular complexity index is 647. The topological polar surface area (TPSA) is 38.8 Å². The van der Waals surface area contributed by atoms with Gasteiger partial charge in [-0.25, -0.2) is 0 Å². The van der Waals surface area contributed by atoms with Crippen LogP contribution in [-0.2, 0) is 14.3 Å². The summed E-state index contributed by atoms with van der Waals surface area (Å²) >= 11 is 0. The molecule has 0 saturated carbocycles. The predicted molar refractivity (Wildman–Crippen MR) is 106 cm³/mol. The first-order valence-corrected chi connectivity index (χ1v) is 10.3. The summed E-state index contributed by atoms with van der Waals surface area (Å²) in [5, 5.41) is 0. The Morgan fingerprint density at radius 2 is 2.04 bits per heavy atom. The number of benzene rings is 1. The predicted octanol–water partition coefficient (Wildman–Crippen LogP) is 3.64. The molecule has 2 fully saturated rings. The van der Waals surface area contributed by atoms with Crippen molar-refractivity contribution in [1.82, 2.24) is 4.90 Å². The Labute approximate surface area is 163 Å². The summed E-state index contributed by atoms with van der Waals surface area (Å²) in [5.41, 5.74) is 0.659. The molecule has 1 aromatic rings. The van der Waals surface area contributed by atoms with Crippen LogP contribution < -0.4 is 0 Å². The second-order valence-electron chi connectivity index (χ2n) is 7.64. The minimum Gasteiger partial charge on any atom is -0.466 e. The molecule has 2 aliphatic heterocycles. The van der Waals surface area contributed by atoms with Crippen LogP contribution in [0.4, 0.5) is 0 Å². The molecule has 0 amide bonds. The van der Waals surface area contributed by atoms with E-state index >= 15 is 0 Å². The maximum atomic E-state index is 12.8. The molecule has 0 N–H and O–H groups in total. The molecule has 0 bridgehead atoms. The van der Waals surface area contributed by atoms with Crippen molar-refractivity contribution >= 4 is 5.97 Å². The van der Waals surface area contributed by atoms with Crippen molar-refractivity contribution in [2.75, 3.05) is 32.8 Å². The van der Waals surface area contributed by atoms with Crippen LogP contribution in [0.2, 0.25) is 0 Å². The molecule has 0 radical (unpaired) electrons. The highest BCUT2D eigenvalue weighted by atomic mass is 16.5. The molecule has 2 saturated heterocycles. The lowest BCUT2D eigenvalue weighted by Gasteiger charge is -2.41. The average Bonchev–Trinajstić information content (AvgIpc) is 2.71. The van der Waals surface area contributed by atoms with E-state index in [4.69, 9.17) is 9.47 Å². The van der Waals surface area contributed by atoms with Gasteiger partial charge < -0.3 is 9.47 Å². The van der Waals surface area contributed by atoms with Crippen LogP contribution in [0.3, 0.4) is 0 Å². The van der Waals surface area contributed by atoms with Gasteiger partial charge in [0.05, 0.1) is 24.7 Å². The van der Waals surface area contributed by atoms with Gasteiger partial charge in [-0.2, -0.15) is 0 Å². The highest BCUT2D eigenvalue weighted by molar-refractivity contribution is 5.77. The first-order chi connectivity index (χ1) is 13.2. The Hall–Kier alpha value is -1.83. The molecule has 0 aliphatic carbocycles. The quantitative estimate of drug-likeness (QED) is 0.587. The molecule has 4 nitrogen and oxygen atoms in total. The number of ether oxygens (including phenoxy) is 2. The summed E-state index contributed by atoms with van der Waals surface area (Å²) in [6.45, 7) is 5.66. The number of esters is 1. The number of hydrogen-bond acceptors (Lipinski definition) is 4. The molecule has 146 valence electrons. The zero-order valence-electron chi connectivity index (χ0n) is 16.4. The van der Waals surface area contributed by atoms with E-state index in [0.717, 1.165) is 63.9 Å². The second kappa shape index (κ2) is 9.92. The van der Waals surface area contributed by atoms with Crippen LogP contribution in [0.1, 0.15) is 51.0 Å². The normalized spacial score (nSPS) is 22.5. The minimum atomic E-state index is -0.388. The molecule has 1 unspecified atom stereocenters. The number of piperidine rings is 1. The Kier molecular flexibility index (Phi) is 7.32. The zero-order chi connectivity index (χ0) is 19.0. The van der Waals surface area contributed by atoms with E-state index in [1.807, 2.05) is 37.3 Å². The second-order valence-corrected chi connectivity index (χ2v) is 7.64. The standard InChI is InChI=1S/C23H31NO3/c1-2-26-22(25)23(19-21-12-6-7-18-27-21)13-16-24(17-14-23)15-8-11-20-9-4-3-5-10-20/h3-5,9-10,21H,2,6-7,12-19H2,1H3. The summed E-state index contributed by atoms with van der Waals surface area (Å²) < 4.78 is 11.4. The Morgan fingerprint density at radius 3 is 2.70 bits per heavy atom. The minimum absolute atomic E-state index is 0.0332. The van der Waals surface area contributed by atoms with Gasteiger partial charge in [-0.3, -0.25) is 9.69 Å². The molecular formula is C23H31NO3. The molecule has 1 aromatic carbocycles. The molecule has 1 atom stereocenters. The molecule has 2 aliphatic rings. The Morgan fingerprint density at radius 1 is 1.26 bits per heavy atom. The largest absolute Gasteiger partial charge is 0.466 e. The van der Waals surface area contributed by atoms with E-state index < -0.39 is 0 Å². The van der Waals surface area contributed by atoms with Gasteiger partial charge in [0, 0.05) is 25.3 Å². The van der Waals surface area contributed by atoms with E-state index in [1.165, 1.54) is 6.42 Å². The van der Waals surface area contributed by atoms with E-state index in [0.29, 0.717) is 6.61 Å².